The van der Waals surface area contributed by atoms with Crippen LogP contribution < -0.4 is 9.64 Å². The third kappa shape index (κ3) is 5.01. The van der Waals surface area contributed by atoms with Crippen LogP contribution in [0.3, 0.4) is 0 Å². The van der Waals surface area contributed by atoms with Gasteiger partial charge in [0.15, 0.2) is 5.16 Å². The van der Waals surface area contributed by atoms with E-state index in [0.29, 0.717) is 37.2 Å². The molecule has 0 atom stereocenters. The van der Waals surface area contributed by atoms with E-state index in [1.165, 1.54) is 17.3 Å². The Morgan fingerprint density at radius 3 is 2.55 bits per heavy atom. The second-order valence-electron chi connectivity index (χ2n) is 7.48. The maximum Gasteiger partial charge on any atom is 0.237 e. The van der Waals surface area contributed by atoms with Crippen LogP contribution in [0.2, 0.25) is 0 Å². The van der Waals surface area contributed by atoms with Crippen LogP contribution in [0, 0.1) is 0 Å². The lowest BCUT2D eigenvalue weighted by molar-refractivity contribution is 0.121. The Bertz CT molecular complexity index is 1170. The maximum absolute atomic E-state index is 5.50. The molecule has 1 saturated heterocycles. The minimum Gasteiger partial charge on any atom is -0.497 e. The van der Waals surface area contributed by atoms with Crippen LogP contribution in [0.25, 0.3) is 11.4 Å². The Morgan fingerprint density at radius 2 is 1.79 bits per heavy atom. The van der Waals surface area contributed by atoms with Crippen LogP contribution >= 0.6 is 11.8 Å². The van der Waals surface area contributed by atoms with Crippen LogP contribution in [0.1, 0.15) is 11.5 Å². The zero-order chi connectivity index (χ0) is 22.5. The van der Waals surface area contributed by atoms with Crippen molar-refractivity contribution >= 4 is 17.7 Å². The van der Waals surface area contributed by atoms with Crippen molar-refractivity contribution in [2.75, 3.05) is 38.3 Å². The summed E-state index contributed by atoms with van der Waals surface area (Å²) in [6, 6.07) is 17.9. The van der Waals surface area contributed by atoms with E-state index in [0.717, 1.165) is 35.5 Å². The molecule has 33 heavy (non-hydrogen) atoms. The van der Waals surface area contributed by atoms with Gasteiger partial charge in [0.25, 0.3) is 0 Å². The number of hydrogen-bond acceptors (Lipinski definition) is 9. The molecule has 2 aromatic carbocycles. The number of methoxy groups -OCH3 is 1. The second-order valence-corrected chi connectivity index (χ2v) is 8.43. The van der Waals surface area contributed by atoms with Crippen molar-refractivity contribution in [3.05, 3.63) is 66.1 Å². The molecule has 0 radical (unpaired) electrons. The topological polar surface area (TPSA) is 91.3 Å². The summed E-state index contributed by atoms with van der Waals surface area (Å²) < 4.78 is 18.3. The summed E-state index contributed by atoms with van der Waals surface area (Å²) in [5, 5.41) is 13.9. The molecule has 1 aliphatic heterocycles. The third-order valence-corrected chi connectivity index (χ3v) is 6.27. The van der Waals surface area contributed by atoms with E-state index in [4.69, 9.17) is 14.0 Å². The quantitative estimate of drug-likeness (QED) is 0.363. The van der Waals surface area contributed by atoms with E-state index in [-0.39, 0.29) is 0 Å². The summed E-state index contributed by atoms with van der Waals surface area (Å²) >= 11 is 1.53. The van der Waals surface area contributed by atoms with Crippen molar-refractivity contribution in [2.24, 2.45) is 0 Å². The van der Waals surface area contributed by atoms with Crippen molar-refractivity contribution in [1.29, 1.82) is 0 Å². The molecule has 0 bridgehead atoms. The lowest BCUT2D eigenvalue weighted by atomic mass is 10.2. The van der Waals surface area contributed by atoms with Crippen LogP contribution in [-0.2, 0) is 17.0 Å². The van der Waals surface area contributed by atoms with Crippen molar-refractivity contribution in [3.63, 3.8) is 0 Å². The molecule has 4 aromatic rings. The molecule has 1 fully saturated rings. The van der Waals surface area contributed by atoms with Crippen LogP contribution in [0.4, 0.5) is 5.95 Å². The van der Waals surface area contributed by atoms with E-state index in [2.05, 4.69) is 41.9 Å². The lowest BCUT2D eigenvalue weighted by Crippen LogP contribution is -2.38. The number of nitrogens with zero attached hydrogens (tertiary/aromatic N) is 6. The van der Waals surface area contributed by atoms with Gasteiger partial charge in [-0.1, -0.05) is 47.3 Å². The highest BCUT2D eigenvalue weighted by Crippen LogP contribution is 2.27. The summed E-state index contributed by atoms with van der Waals surface area (Å²) in [5.41, 5.74) is 2.06. The molecule has 2 aromatic heterocycles. The smallest absolute Gasteiger partial charge is 0.237 e. The normalized spacial score (nSPS) is 13.9. The standard InChI is InChI=1S/C23H24N6O3S/c1-30-19-9-7-18(8-10-19)21-24-20(32-27-21)16-33-23-26-25-22(28-11-13-31-14-12-28)29(23)15-17-5-3-2-4-6-17/h2-10H,11-16H2,1H3. The minimum atomic E-state index is 0.499. The van der Waals surface area contributed by atoms with Crippen molar-refractivity contribution in [2.45, 2.75) is 17.5 Å². The Kier molecular flexibility index (Phi) is 6.54. The highest BCUT2D eigenvalue weighted by atomic mass is 32.2. The van der Waals surface area contributed by atoms with Crippen LogP contribution in [0.5, 0.6) is 5.75 Å². The molecule has 9 nitrogen and oxygen atoms in total. The average Bonchev–Trinajstić information content (AvgIpc) is 3.51. The van der Waals surface area contributed by atoms with E-state index in [1.807, 2.05) is 42.5 Å². The molecular formula is C23H24N6O3S. The van der Waals surface area contributed by atoms with Crippen molar-refractivity contribution in [3.8, 4) is 17.1 Å². The van der Waals surface area contributed by atoms with Gasteiger partial charge >= 0.3 is 0 Å². The largest absolute Gasteiger partial charge is 0.497 e. The first-order valence-corrected chi connectivity index (χ1v) is 11.7. The zero-order valence-corrected chi connectivity index (χ0v) is 19.1. The fourth-order valence-electron chi connectivity index (χ4n) is 3.59. The molecule has 3 heterocycles. The Morgan fingerprint density at radius 1 is 1.00 bits per heavy atom. The number of anilines is 1. The predicted octanol–water partition coefficient (Wildman–Crippen LogP) is 3.51. The second kappa shape index (κ2) is 10.1. The molecule has 170 valence electrons. The molecule has 0 N–H and O–H groups in total. The highest BCUT2D eigenvalue weighted by Gasteiger charge is 2.21. The number of aromatic nitrogens is 5. The zero-order valence-electron chi connectivity index (χ0n) is 18.3. The van der Waals surface area contributed by atoms with Gasteiger partial charge in [-0.3, -0.25) is 4.57 Å². The number of morpholine rings is 1. The molecule has 10 heteroatoms. The van der Waals surface area contributed by atoms with E-state index in [9.17, 15) is 0 Å². The number of benzene rings is 2. The lowest BCUT2D eigenvalue weighted by Gasteiger charge is -2.28. The SMILES string of the molecule is COc1ccc(-c2noc(CSc3nnc(N4CCOCC4)n3Cc3ccccc3)n2)cc1. The van der Waals surface area contributed by atoms with Gasteiger partial charge in [0.05, 0.1) is 32.6 Å². The van der Waals surface area contributed by atoms with Gasteiger partial charge in [0.2, 0.25) is 17.7 Å². The van der Waals surface area contributed by atoms with Gasteiger partial charge in [0.1, 0.15) is 5.75 Å². The number of thioether (sulfide) groups is 1. The van der Waals surface area contributed by atoms with Gasteiger partial charge in [-0.25, -0.2) is 0 Å². The third-order valence-electron chi connectivity index (χ3n) is 5.32. The summed E-state index contributed by atoms with van der Waals surface area (Å²) in [6.07, 6.45) is 0. The number of ether oxygens (including phenoxy) is 2. The van der Waals surface area contributed by atoms with Crippen molar-refractivity contribution < 1.29 is 14.0 Å². The minimum absolute atomic E-state index is 0.499. The monoisotopic (exact) mass is 464 g/mol. The summed E-state index contributed by atoms with van der Waals surface area (Å²) in [4.78, 5) is 6.76. The van der Waals surface area contributed by atoms with Crippen LogP contribution in [0.15, 0.2) is 64.3 Å². The molecule has 0 amide bonds. The molecular weight excluding hydrogens is 440 g/mol. The molecule has 5 rings (SSSR count). The first kappa shape index (κ1) is 21.5. The van der Waals surface area contributed by atoms with Crippen LogP contribution in [-0.4, -0.2) is 58.3 Å². The summed E-state index contributed by atoms with van der Waals surface area (Å²) in [7, 11) is 1.64. The number of hydrogen-bond donors (Lipinski definition) is 0. The van der Waals surface area contributed by atoms with Crippen molar-refractivity contribution in [1.82, 2.24) is 24.9 Å². The molecule has 0 unspecified atom stereocenters. The predicted molar refractivity (Wildman–Crippen MR) is 124 cm³/mol. The van der Waals surface area contributed by atoms with E-state index >= 15 is 0 Å². The fraction of sp³-hybridized carbons (Fsp3) is 0.304. The first-order valence-electron chi connectivity index (χ1n) is 10.7. The maximum atomic E-state index is 5.50. The Labute approximate surface area is 195 Å². The van der Waals surface area contributed by atoms with Gasteiger partial charge in [-0.05, 0) is 29.8 Å². The van der Waals surface area contributed by atoms with E-state index in [1.54, 1.807) is 7.11 Å². The molecule has 0 aliphatic carbocycles. The molecule has 0 spiro atoms. The van der Waals surface area contributed by atoms with Gasteiger partial charge in [0, 0.05) is 18.7 Å². The highest BCUT2D eigenvalue weighted by molar-refractivity contribution is 7.98. The number of rotatable bonds is 8. The van der Waals surface area contributed by atoms with Gasteiger partial charge in [-0.2, -0.15) is 4.98 Å². The summed E-state index contributed by atoms with van der Waals surface area (Å²) in [5.74, 6) is 3.22. The fourth-order valence-corrected chi connectivity index (χ4v) is 4.36. The summed E-state index contributed by atoms with van der Waals surface area (Å²) in [6.45, 7) is 3.66. The van der Waals surface area contributed by atoms with Gasteiger partial charge < -0.3 is 18.9 Å². The average molecular weight is 465 g/mol. The van der Waals surface area contributed by atoms with E-state index < -0.39 is 0 Å². The van der Waals surface area contributed by atoms with Gasteiger partial charge in [-0.15, -0.1) is 10.2 Å². The first-order chi connectivity index (χ1) is 16.3. The molecule has 1 aliphatic rings. The Hall–Kier alpha value is -3.37. The Balaban J connectivity index is 1.33. The molecule has 0 saturated carbocycles.